The van der Waals surface area contributed by atoms with E-state index in [0.29, 0.717) is 6.04 Å². The number of amides is 2. The molecule has 2 atom stereocenters. The van der Waals surface area contributed by atoms with Gasteiger partial charge in [0.05, 0.1) is 13.1 Å². The number of carbonyl (C=O) groups excluding carboxylic acids is 1. The van der Waals surface area contributed by atoms with Crippen molar-refractivity contribution >= 4 is 6.03 Å². The van der Waals surface area contributed by atoms with Crippen molar-refractivity contribution in [2.75, 3.05) is 33.3 Å². The third kappa shape index (κ3) is 2.59. The Labute approximate surface area is 134 Å². The molecule has 2 amide bonds. The molecule has 0 N–H and O–H groups in total. The second-order valence-corrected chi connectivity index (χ2v) is 7.17. The van der Waals surface area contributed by atoms with Gasteiger partial charge in [-0.05, 0) is 26.7 Å². The van der Waals surface area contributed by atoms with E-state index in [2.05, 4.69) is 23.5 Å². The van der Waals surface area contributed by atoms with Crippen LogP contribution in [-0.4, -0.2) is 83.9 Å². The van der Waals surface area contributed by atoms with Crippen molar-refractivity contribution in [1.29, 1.82) is 0 Å². The van der Waals surface area contributed by atoms with E-state index in [1.165, 1.54) is 4.90 Å². The molecule has 2 bridgehead atoms. The van der Waals surface area contributed by atoms with E-state index in [4.69, 9.17) is 0 Å². The van der Waals surface area contributed by atoms with Crippen LogP contribution in [-0.2, 0) is 4.74 Å². The zero-order chi connectivity index (χ0) is 17.0. The molecule has 5 nitrogen and oxygen atoms in total. The fourth-order valence-electron chi connectivity index (χ4n) is 3.96. The lowest BCUT2D eigenvalue weighted by Gasteiger charge is -2.52. The smallest absolute Gasteiger partial charge is 0.365 e. The number of hydrogen-bond acceptors (Lipinski definition) is 3. The minimum absolute atomic E-state index is 0.118. The highest BCUT2D eigenvalue weighted by Crippen LogP contribution is 2.42. The van der Waals surface area contributed by atoms with Gasteiger partial charge in [0.25, 0.3) is 0 Å². The molecule has 2 unspecified atom stereocenters. The van der Waals surface area contributed by atoms with Crippen molar-refractivity contribution in [3.8, 4) is 0 Å². The first-order valence-electron chi connectivity index (χ1n) is 8.11. The van der Waals surface area contributed by atoms with Crippen molar-refractivity contribution in [2.45, 2.75) is 56.6 Å². The first-order chi connectivity index (χ1) is 10.7. The summed E-state index contributed by atoms with van der Waals surface area (Å²) in [6.07, 6.45) is -2.59. The maximum absolute atomic E-state index is 13.1. The summed E-state index contributed by atoms with van der Waals surface area (Å²) in [6, 6.07) is 0.391. The Morgan fingerprint density at radius 3 is 2.09 bits per heavy atom. The van der Waals surface area contributed by atoms with Gasteiger partial charge in [-0.3, -0.25) is 4.90 Å². The Kier molecular flexibility index (Phi) is 4.03. The van der Waals surface area contributed by atoms with Crippen LogP contribution < -0.4 is 0 Å². The molecule has 3 rings (SSSR count). The lowest BCUT2D eigenvalue weighted by Crippen LogP contribution is -2.73. The molecule has 0 aliphatic carbocycles. The van der Waals surface area contributed by atoms with E-state index < -0.39 is 24.9 Å². The summed E-state index contributed by atoms with van der Waals surface area (Å²) in [5, 5.41) is 0. The lowest BCUT2D eigenvalue weighted by atomic mass is 9.93. The molecular weight excluding hydrogens is 311 g/mol. The number of methoxy groups -OCH3 is 1. The van der Waals surface area contributed by atoms with Gasteiger partial charge in [0.2, 0.25) is 0 Å². The Morgan fingerprint density at radius 1 is 1.17 bits per heavy atom. The molecule has 132 valence electrons. The summed E-state index contributed by atoms with van der Waals surface area (Å²) in [5.74, 6) is 0. The van der Waals surface area contributed by atoms with Crippen molar-refractivity contribution in [1.82, 2.24) is 14.7 Å². The molecule has 0 aromatic carbocycles. The number of hydrogen-bond donors (Lipinski definition) is 0. The number of halogens is 3. The maximum atomic E-state index is 13.1. The summed E-state index contributed by atoms with van der Waals surface area (Å²) in [7, 11) is 1.06. The quantitative estimate of drug-likeness (QED) is 0.774. The number of nitrogens with zero attached hydrogens (tertiary/aromatic N) is 3. The summed E-state index contributed by atoms with van der Waals surface area (Å²) >= 11 is 0. The fourth-order valence-corrected chi connectivity index (χ4v) is 3.96. The third-order valence-electron chi connectivity index (χ3n) is 5.53. The molecule has 3 saturated heterocycles. The van der Waals surface area contributed by atoms with Gasteiger partial charge in [-0.15, -0.1) is 0 Å². The predicted molar refractivity (Wildman–Crippen MR) is 78.1 cm³/mol. The third-order valence-corrected chi connectivity index (χ3v) is 5.53. The van der Waals surface area contributed by atoms with Crippen LogP contribution in [0.5, 0.6) is 0 Å². The molecule has 0 radical (unpaired) electrons. The number of ether oxygens (including phenoxy) is 1. The largest absolute Gasteiger partial charge is 0.420 e. The summed E-state index contributed by atoms with van der Waals surface area (Å²) in [5.41, 5.74) is -2.19. The van der Waals surface area contributed by atoms with Crippen LogP contribution in [0.2, 0.25) is 0 Å². The van der Waals surface area contributed by atoms with Crippen LogP contribution in [0.1, 0.15) is 26.7 Å². The first-order valence-corrected chi connectivity index (χ1v) is 8.11. The van der Waals surface area contributed by atoms with Gasteiger partial charge in [0, 0.05) is 38.3 Å². The summed E-state index contributed by atoms with van der Waals surface area (Å²) in [4.78, 5) is 18.1. The van der Waals surface area contributed by atoms with E-state index in [9.17, 15) is 18.0 Å². The van der Waals surface area contributed by atoms with E-state index in [1.54, 1.807) is 0 Å². The number of likely N-dealkylation sites (tertiary alicyclic amines) is 2. The molecule has 0 aromatic heterocycles. The van der Waals surface area contributed by atoms with Crippen LogP contribution in [0.15, 0.2) is 0 Å². The highest BCUT2D eigenvalue weighted by molar-refractivity contribution is 5.77. The number of urea groups is 1. The van der Waals surface area contributed by atoms with Crippen molar-refractivity contribution in [3.63, 3.8) is 0 Å². The van der Waals surface area contributed by atoms with E-state index in [0.717, 1.165) is 33.0 Å². The van der Waals surface area contributed by atoms with E-state index >= 15 is 0 Å². The van der Waals surface area contributed by atoms with Crippen LogP contribution in [0.4, 0.5) is 18.0 Å². The Balaban J connectivity index is 1.65. The molecule has 0 aromatic rings. The molecule has 0 saturated carbocycles. The minimum Gasteiger partial charge on any atom is -0.365 e. The topological polar surface area (TPSA) is 36.0 Å². The Morgan fingerprint density at radius 2 is 1.70 bits per heavy atom. The fraction of sp³-hybridized carbons (Fsp3) is 0.933. The Bertz CT molecular complexity index is 463. The number of rotatable bonds is 2. The molecular formula is C15H24F3N3O2. The van der Waals surface area contributed by atoms with Crippen LogP contribution in [0.3, 0.4) is 0 Å². The van der Waals surface area contributed by atoms with Crippen LogP contribution >= 0.6 is 0 Å². The first kappa shape index (κ1) is 16.8. The van der Waals surface area contributed by atoms with Crippen LogP contribution in [0.25, 0.3) is 0 Å². The second-order valence-electron chi connectivity index (χ2n) is 7.17. The average Bonchev–Trinajstić information content (AvgIpc) is 2.66. The van der Waals surface area contributed by atoms with Gasteiger partial charge in [-0.1, -0.05) is 0 Å². The van der Waals surface area contributed by atoms with Crippen molar-refractivity contribution < 1.29 is 22.7 Å². The summed E-state index contributed by atoms with van der Waals surface area (Å²) in [6.45, 7) is 5.06. The van der Waals surface area contributed by atoms with E-state index in [-0.39, 0.29) is 18.1 Å². The molecule has 8 heteroatoms. The van der Waals surface area contributed by atoms with Gasteiger partial charge in [-0.25, -0.2) is 4.79 Å². The molecule has 3 aliphatic rings. The van der Waals surface area contributed by atoms with Gasteiger partial charge in [0.1, 0.15) is 0 Å². The standard InChI is InChI=1S/C15H24F3N3O2/c1-10(2)19-6-11-4-5-12(7-19)21(11)13(22)20-8-14(9-20,23-3)15(16,17)18/h10-12H,4-9H2,1-3H3. The molecule has 3 aliphatic heterocycles. The number of fused-ring (bicyclic) bond motifs is 2. The number of piperazine rings is 1. The van der Waals surface area contributed by atoms with Crippen LogP contribution in [0, 0.1) is 0 Å². The molecule has 3 heterocycles. The number of alkyl halides is 3. The lowest BCUT2D eigenvalue weighted by molar-refractivity contribution is -0.304. The monoisotopic (exact) mass is 335 g/mol. The van der Waals surface area contributed by atoms with Crippen molar-refractivity contribution in [2.24, 2.45) is 0 Å². The Hall–Kier alpha value is -1.02. The van der Waals surface area contributed by atoms with Crippen molar-refractivity contribution in [3.05, 3.63) is 0 Å². The number of carbonyl (C=O) groups is 1. The predicted octanol–water partition coefficient (Wildman–Crippen LogP) is 1.93. The van der Waals surface area contributed by atoms with Gasteiger partial charge >= 0.3 is 12.2 Å². The molecule has 0 spiro atoms. The van der Waals surface area contributed by atoms with Gasteiger partial charge in [0.15, 0.2) is 5.60 Å². The van der Waals surface area contributed by atoms with Gasteiger partial charge in [-0.2, -0.15) is 13.2 Å². The average molecular weight is 335 g/mol. The maximum Gasteiger partial charge on any atom is 0.420 e. The highest BCUT2D eigenvalue weighted by Gasteiger charge is 2.64. The second kappa shape index (κ2) is 5.51. The normalized spacial score (nSPS) is 30.7. The zero-order valence-electron chi connectivity index (χ0n) is 13.8. The van der Waals surface area contributed by atoms with Gasteiger partial charge < -0.3 is 14.5 Å². The van der Waals surface area contributed by atoms with E-state index in [1.807, 2.05) is 4.90 Å². The minimum atomic E-state index is -4.45. The SMILES string of the molecule is COC1(C(F)(F)F)CN(C(=O)N2C3CCC2CN(C(C)C)C3)C1. The highest BCUT2D eigenvalue weighted by atomic mass is 19.4. The summed E-state index contributed by atoms with van der Waals surface area (Å²) < 4.78 is 43.9. The zero-order valence-corrected chi connectivity index (χ0v) is 13.8. The molecule has 23 heavy (non-hydrogen) atoms. The molecule has 3 fully saturated rings.